The molecule has 2 aromatic rings. The molecule has 1 aromatic heterocycles. The number of fused-ring (bicyclic) bond motifs is 1. The minimum Gasteiger partial charge on any atom is -0.495 e. The van der Waals surface area contributed by atoms with E-state index in [2.05, 4.69) is 28.2 Å². The van der Waals surface area contributed by atoms with Gasteiger partial charge in [-0.1, -0.05) is 6.07 Å². The monoisotopic (exact) mass is 368 g/mol. The fraction of sp³-hybridized carbons (Fsp3) is 0.524. The van der Waals surface area contributed by atoms with Gasteiger partial charge in [-0.25, -0.2) is 0 Å². The second-order valence-electron chi connectivity index (χ2n) is 7.69. The Morgan fingerprint density at radius 2 is 2.22 bits per heavy atom. The van der Waals surface area contributed by atoms with Crippen molar-refractivity contribution in [1.29, 1.82) is 0 Å². The van der Waals surface area contributed by atoms with Crippen LogP contribution in [0.15, 0.2) is 30.5 Å². The van der Waals surface area contributed by atoms with Gasteiger partial charge in [-0.15, -0.1) is 0 Å². The first-order valence-electron chi connectivity index (χ1n) is 9.85. The quantitative estimate of drug-likeness (QED) is 0.879. The number of carbonyl (C=O) groups excluding carboxylic acids is 1. The molecule has 2 fully saturated rings. The van der Waals surface area contributed by atoms with Crippen molar-refractivity contribution in [1.82, 2.24) is 14.8 Å². The van der Waals surface area contributed by atoms with Gasteiger partial charge in [0, 0.05) is 42.8 Å². The summed E-state index contributed by atoms with van der Waals surface area (Å²) in [6.07, 6.45) is 5.05. The maximum Gasteiger partial charge on any atom is 0.236 e. The van der Waals surface area contributed by atoms with Gasteiger partial charge in [-0.05, 0) is 44.4 Å². The molecular weight excluding hydrogens is 340 g/mol. The first kappa shape index (κ1) is 18.0. The Hall–Kier alpha value is -2.34. The van der Waals surface area contributed by atoms with Crippen molar-refractivity contribution in [2.24, 2.45) is 0 Å². The van der Waals surface area contributed by atoms with Gasteiger partial charge in [0.25, 0.3) is 0 Å². The third-order valence-electron chi connectivity index (χ3n) is 5.80. The Kier molecular flexibility index (Phi) is 5.16. The van der Waals surface area contributed by atoms with Crippen LogP contribution in [0.1, 0.15) is 26.2 Å². The number of hydrogen-bond acceptors (Lipinski definition) is 5. The maximum absolute atomic E-state index is 12.6. The van der Waals surface area contributed by atoms with Crippen LogP contribution in [0, 0.1) is 0 Å². The Balaban J connectivity index is 1.40. The van der Waals surface area contributed by atoms with Crippen molar-refractivity contribution >= 4 is 22.5 Å². The molecule has 3 heterocycles. The van der Waals surface area contributed by atoms with Crippen LogP contribution in [0.3, 0.4) is 0 Å². The molecule has 2 aliphatic rings. The normalized spacial score (nSPS) is 23.1. The maximum atomic E-state index is 12.6. The Labute approximate surface area is 160 Å². The molecule has 2 saturated heterocycles. The highest BCUT2D eigenvalue weighted by atomic mass is 16.5. The number of methoxy groups -OCH3 is 1. The van der Waals surface area contributed by atoms with E-state index in [1.54, 1.807) is 13.3 Å². The van der Waals surface area contributed by atoms with E-state index in [4.69, 9.17) is 4.74 Å². The van der Waals surface area contributed by atoms with Crippen molar-refractivity contribution < 1.29 is 9.53 Å². The Morgan fingerprint density at radius 3 is 3.00 bits per heavy atom. The molecular formula is C21H28N4O2. The van der Waals surface area contributed by atoms with E-state index in [0.717, 1.165) is 61.2 Å². The van der Waals surface area contributed by atoms with Crippen molar-refractivity contribution in [3.8, 4) is 5.75 Å². The SMILES string of the molecule is COc1cnc2cccc(N[C@H]3CCN(CC(=O)N4CCC[C@H]4C)C3)c2c1. The number of benzene rings is 1. The number of pyridine rings is 1. The van der Waals surface area contributed by atoms with Crippen LogP contribution in [-0.2, 0) is 4.79 Å². The molecule has 0 saturated carbocycles. The highest BCUT2D eigenvalue weighted by Crippen LogP contribution is 2.27. The number of aromatic nitrogens is 1. The van der Waals surface area contributed by atoms with E-state index in [9.17, 15) is 4.79 Å². The van der Waals surface area contributed by atoms with E-state index >= 15 is 0 Å². The summed E-state index contributed by atoms with van der Waals surface area (Å²) in [7, 11) is 1.66. The third-order valence-corrected chi connectivity index (χ3v) is 5.80. The molecule has 0 spiro atoms. The van der Waals surface area contributed by atoms with Crippen molar-refractivity contribution in [3.63, 3.8) is 0 Å². The lowest BCUT2D eigenvalue weighted by molar-refractivity contribution is -0.132. The molecule has 4 rings (SSSR count). The smallest absolute Gasteiger partial charge is 0.236 e. The van der Waals surface area contributed by atoms with Crippen LogP contribution in [0.25, 0.3) is 10.9 Å². The summed E-state index contributed by atoms with van der Waals surface area (Å²) < 4.78 is 5.32. The van der Waals surface area contributed by atoms with Crippen molar-refractivity contribution in [3.05, 3.63) is 30.5 Å². The van der Waals surface area contributed by atoms with E-state index in [1.165, 1.54) is 0 Å². The highest BCUT2D eigenvalue weighted by molar-refractivity contribution is 5.92. The predicted molar refractivity (Wildman–Crippen MR) is 107 cm³/mol. The summed E-state index contributed by atoms with van der Waals surface area (Å²) in [6.45, 7) is 5.45. The van der Waals surface area contributed by atoms with Gasteiger partial charge in [0.05, 0.1) is 25.4 Å². The van der Waals surface area contributed by atoms with Crippen molar-refractivity contribution in [2.75, 3.05) is 38.6 Å². The van der Waals surface area contributed by atoms with Gasteiger partial charge in [-0.2, -0.15) is 0 Å². The predicted octanol–water partition coefficient (Wildman–Crippen LogP) is 2.74. The lowest BCUT2D eigenvalue weighted by Crippen LogP contribution is -2.41. The van der Waals surface area contributed by atoms with Crippen LogP contribution in [0.5, 0.6) is 5.75 Å². The number of amides is 1. The molecule has 27 heavy (non-hydrogen) atoms. The van der Waals surface area contributed by atoms with E-state index in [0.29, 0.717) is 18.6 Å². The number of hydrogen-bond donors (Lipinski definition) is 1. The lowest BCUT2D eigenvalue weighted by Gasteiger charge is -2.25. The number of nitrogens with one attached hydrogen (secondary N) is 1. The number of likely N-dealkylation sites (tertiary alicyclic amines) is 2. The summed E-state index contributed by atoms with van der Waals surface area (Å²) in [5.41, 5.74) is 2.03. The Morgan fingerprint density at radius 1 is 1.33 bits per heavy atom. The molecule has 0 radical (unpaired) electrons. The summed E-state index contributed by atoms with van der Waals surface area (Å²) in [4.78, 5) is 21.3. The zero-order valence-corrected chi connectivity index (χ0v) is 16.1. The topological polar surface area (TPSA) is 57.7 Å². The van der Waals surface area contributed by atoms with Crippen LogP contribution in [-0.4, -0.2) is 66.1 Å². The van der Waals surface area contributed by atoms with E-state index in [1.807, 2.05) is 23.1 Å². The first-order valence-corrected chi connectivity index (χ1v) is 9.85. The van der Waals surface area contributed by atoms with Crippen LogP contribution < -0.4 is 10.1 Å². The summed E-state index contributed by atoms with van der Waals surface area (Å²) in [6, 6.07) is 8.88. The fourth-order valence-corrected chi connectivity index (χ4v) is 4.27. The molecule has 6 nitrogen and oxygen atoms in total. The van der Waals surface area contributed by atoms with E-state index in [-0.39, 0.29) is 5.91 Å². The molecule has 1 amide bonds. The molecule has 2 atom stereocenters. The summed E-state index contributed by atoms with van der Waals surface area (Å²) >= 11 is 0. The summed E-state index contributed by atoms with van der Waals surface area (Å²) in [5.74, 6) is 1.04. The number of carbonyl (C=O) groups is 1. The summed E-state index contributed by atoms with van der Waals surface area (Å²) in [5, 5.41) is 4.72. The molecule has 0 unspecified atom stereocenters. The number of anilines is 1. The highest BCUT2D eigenvalue weighted by Gasteiger charge is 2.29. The molecule has 0 bridgehead atoms. The lowest BCUT2D eigenvalue weighted by atomic mass is 10.1. The standard InChI is InChI=1S/C21H28N4O2/c1-15-5-4-9-25(15)21(26)14-24-10-8-16(13-24)23-20-7-3-6-19-18(20)11-17(27-2)12-22-19/h3,6-7,11-12,15-16,23H,4-5,8-10,13-14H2,1-2H3/t15-,16+/m1/s1. The molecule has 144 valence electrons. The molecule has 1 N–H and O–H groups in total. The second kappa shape index (κ2) is 7.72. The third kappa shape index (κ3) is 3.86. The van der Waals surface area contributed by atoms with E-state index < -0.39 is 0 Å². The molecule has 0 aliphatic carbocycles. The largest absolute Gasteiger partial charge is 0.495 e. The van der Waals surface area contributed by atoms with Gasteiger partial charge in [0.1, 0.15) is 5.75 Å². The average molecular weight is 368 g/mol. The molecule has 1 aromatic carbocycles. The molecule has 6 heteroatoms. The molecule has 2 aliphatic heterocycles. The number of nitrogens with zero attached hydrogens (tertiary/aromatic N) is 3. The first-order chi connectivity index (χ1) is 13.1. The van der Waals surface area contributed by atoms with Gasteiger partial charge >= 0.3 is 0 Å². The van der Waals surface area contributed by atoms with Crippen LogP contribution in [0.4, 0.5) is 5.69 Å². The average Bonchev–Trinajstić information content (AvgIpc) is 3.30. The minimum absolute atomic E-state index is 0.278. The van der Waals surface area contributed by atoms with Gasteiger partial charge in [-0.3, -0.25) is 14.7 Å². The zero-order chi connectivity index (χ0) is 18.8. The van der Waals surface area contributed by atoms with Crippen molar-refractivity contribution in [2.45, 2.75) is 38.3 Å². The van der Waals surface area contributed by atoms with Gasteiger partial charge < -0.3 is 15.0 Å². The van der Waals surface area contributed by atoms with Crippen LogP contribution in [0.2, 0.25) is 0 Å². The second-order valence-corrected chi connectivity index (χ2v) is 7.69. The number of ether oxygens (including phenoxy) is 1. The van der Waals surface area contributed by atoms with Gasteiger partial charge in [0.15, 0.2) is 0 Å². The van der Waals surface area contributed by atoms with Gasteiger partial charge in [0.2, 0.25) is 5.91 Å². The Bertz CT molecular complexity index is 825. The zero-order valence-electron chi connectivity index (χ0n) is 16.1. The fourth-order valence-electron chi connectivity index (χ4n) is 4.27. The minimum atomic E-state index is 0.278. The number of rotatable bonds is 5. The van der Waals surface area contributed by atoms with Crippen LogP contribution >= 0.6 is 0 Å².